The highest BCUT2D eigenvalue weighted by Gasteiger charge is 1.98. The number of nitrogens with one attached hydrogen (secondary N) is 8. The Labute approximate surface area is 499 Å². The van der Waals surface area contributed by atoms with Crippen LogP contribution >= 0.6 is 0 Å². The average Bonchev–Trinajstić information content (AvgIpc) is 4.43. The number of benzene rings is 6. The third-order valence-corrected chi connectivity index (χ3v) is 10.7. The molecular weight excluding hydrogens is 1100 g/mol. The molecule has 6 aromatic carbocycles. The quantitative estimate of drug-likeness (QED) is 0.0618. The molecule has 83 heavy (non-hydrogen) atoms. The third kappa shape index (κ3) is 30.2. The normalized spacial score (nSPS) is 9.25. The first-order chi connectivity index (χ1) is 40.2. The number of H-pyrrole nitrogens is 6. The zero-order chi connectivity index (χ0) is 63.1. The number of rotatable bonds is 2. The number of aromatic amines is 6. The van der Waals surface area contributed by atoms with Crippen LogP contribution in [0.3, 0.4) is 0 Å². The van der Waals surface area contributed by atoms with Crippen molar-refractivity contribution in [3.05, 3.63) is 216 Å². The number of fused-ring (bicyclic) bond motifs is 6. The summed E-state index contributed by atoms with van der Waals surface area (Å²) in [5, 5.41) is 7.24. The maximum absolute atomic E-state index is 10.3. The first-order valence-corrected chi connectivity index (χ1v) is 30.3. The second kappa shape index (κ2) is 47.1. The van der Waals surface area contributed by atoms with Gasteiger partial charge in [-0.3, -0.25) is 4.21 Å². The molecular formula is C65H86N9O6S3-. The SMILES string of the molecule is CC.CC.CC.CC.CC.CC.Cc1ccc2[nH]ccc2c1.Cc1ccc2[nH]ccc2c1.Cc1ccc2[nH]ccc2c1.Cc1ccc2[nH]ccc2c1.N=S(=O)=O.O=S([O-])Nc1ccc2[nH]ccc2c1.O=S=O.[C-]#[N+]c1ccc2[nH]ccc2c1. The average molecular weight is 1190 g/mol. The van der Waals surface area contributed by atoms with E-state index < -0.39 is 33.3 Å². The largest absolute Gasteiger partial charge is 0.755 e. The van der Waals surface area contributed by atoms with Crippen molar-refractivity contribution in [2.24, 2.45) is 0 Å². The molecule has 0 amide bonds. The van der Waals surface area contributed by atoms with Gasteiger partial charge in [-0.15, -0.1) is 0 Å². The number of hydrogen-bond acceptors (Lipinski definition) is 7. The van der Waals surface area contributed by atoms with E-state index in [2.05, 4.69) is 164 Å². The molecule has 12 rings (SSSR count). The Morgan fingerprint density at radius 2 is 0.614 bits per heavy atom. The van der Waals surface area contributed by atoms with Crippen LogP contribution in [0.2, 0.25) is 0 Å². The monoisotopic (exact) mass is 1180 g/mol. The second-order valence-electron chi connectivity index (χ2n) is 15.6. The second-order valence-corrected chi connectivity index (χ2v) is 16.8. The standard InChI is InChI=1S/C9H6N2.4C9H9N.C8H8N2O2S.6C2H6.HNO2S.O2S/c1-10-8-2-3-9-7(6-8)4-5-11-9;4*1-7-2-3-9-8(6-7)4-5-10-9;11-13(12)10-7-1-2-8-6(5-7)3-4-9-8;6*1-2;1-4(2)3;1-3-2/h2-6,11H;4*2-6,10H,1H3;1-5,9-10H,(H,11,12);6*1-2H3;1H;/p-1. The molecule has 446 valence electrons. The molecule has 0 radical (unpaired) electrons. The van der Waals surface area contributed by atoms with E-state index in [9.17, 15) is 8.76 Å². The lowest BCUT2D eigenvalue weighted by Crippen LogP contribution is -2.01. The fraction of sp³-hybridized carbons (Fsp3) is 0.246. The van der Waals surface area contributed by atoms with Crippen LogP contribution in [0.4, 0.5) is 11.4 Å². The summed E-state index contributed by atoms with van der Waals surface area (Å²) in [6, 6.07) is 48.6. The zero-order valence-electron chi connectivity index (χ0n) is 50.9. The minimum Gasteiger partial charge on any atom is -0.755 e. The van der Waals surface area contributed by atoms with Crippen molar-refractivity contribution in [2.45, 2.75) is 111 Å². The van der Waals surface area contributed by atoms with Gasteiger partial charge < -0.3 is 39.2 Å². The Bertz CT molecular complexity index is 3530. The van der Waals surface area contributed by atoms with Crippen molar-refractivity contribution >= 4 is 110 Å². The number of nitrogens with zero attached hydrogens (tertiary/aromatic N) is 1. The molecule has 8 N–H and O–H groups in total. The molecule has 12 aromatic rings. The molecule has 0 aliphatic rings. The Morgan fingerprint density at radius 1 is 0.398 bits per heavy atom. The van der Waals surface area contributed by atoms with Gasteiger partial charge in [0.05, 0.1) is 6.57 Å². The van der Waals surface area contributed by atoms with Crippen molar-refractivity contribution in [1.29, 1.82) is 4.78 Å². The van der Waals surface area contributed by atoms with Gasteiger partial charge in [0.25, 0.3) is 0 Å². The van der Waals surface area contributed by atoms with E-state index in [1.165, 1.54) is 65.9 Å². The van der Waals surface area contributed by atoms with Crippen molar-refractivity contribution in [1.82, 2.24) is 29.9 Å². The first kappa shape index (κ1) is 76.5. The summed E-state index contributed by atoms with van der Waals surface area (Å²) in [5.41, 5.74) is 13.4. The minimum absolute atomic E-state index is 0.570. The van der Waals surface area contributed by atoms with E-state index in [1.54, 1.807) is 12.1 Å². The molecule has 0 saturated heterocycles. The Hall–Kier alpha value is -8.60. The van der Waals surface area contributed by atoms with Crippen molar-refractivity contribution in [3.8, 4) is 0 Å². The maximum atomic E-state index is 10.3. The summed E-state index contributed by atoms with van der Waals surface area (Å²) in [5.74, 6) is 0. The van der Waals surface area contributed by atoms with Crippen LogP contribution in [0.15, 0.2) is 183 Å². The van der Waals surface area contributed by atoms with Gasteiger partial charge >= 0.3 is 22.1 Å². The molecule has 1 unspecified atom stereocenters. The lowest BCUT2D eigenvalue weighted by molar-refractivity contribution is 0.542. The number of anilines is 1. The topological polar surface area (TPSA) is 243 Å². The minimum atomic E-state index is -2.61. The van der Waals surface area contributed by atoms with Crippen LogP contribution in [-0.2, 0) is 33.3 Å². The highest BCUT2D eigenvalue weighted by atomic mass is 32.2. The van der Waals surface area contributed by atoms with E-state index in [4.69, 9.17) is 28.2 Å². The molecule has 6 aromatic heterocycles. The maximum Gasteiger partial charge on any atom is 0.335 e. The molecule has 15 nitrogen and oxygen atoms in total. The molecule has 18 heteroatoms. The molecule has 0 bridgehead atoms. The van der Waals surface area contributed by atoms with Crippen LogP contribution in [-0.4, -0.2) is 55.5 Å². The molecule has 0 aliphatic heterocycles. The highest BCUT2D eigenvalue weighted by Crippen LogP contribution is 2.21. The van der Waals surface area contributed by atoms with E-state index in [0.29, 0.717) is 11.4 Å². The number of aromatic nitrogens is 6. The van der Waals surface area contributed by atoms with Gasteiger partial charge in [-0.25, -0.2) is 4.85 Å². The summed E-state index contributed by atoms with van der Waals surface area (Å²) in [7, 11) is -2.61. The molecule has 0 fully saturated rings. The molecule has 0 aliphatic carbocycles. The van der Waals surface area contributed by atoms with Crippen LogP contribution in [0.5, 0.6) is 0 Å². The van der Waals surface area contributed by atoms with Gasteiger partial charge in [-0.1, -0.05) is 136 Å². The Morgan fingerprint density at radius 3 is 0.855 bits per heavy atom. The van der Waals surface area contributed by atoms with Gasteiger partial charge in [-0.2, -0.15) is 21.6 Å². The summed E-state index contributed by atoms with van der Waals surface area (Å²) in [6.45, 7) is 39.2. The number of hydrogen-bond donors (Lipinski definition) is 8. The van der Waals surface area contributed by atoms with Crippen molar-refractivity contribution in [3.63, 3.8) is 0 Å². The predicted molar refractivity (Wildman–Crippen MR) is 356 cm³/mol. The molecule has 0 spiro atoms. The zero-order valence-corrected chi connectivity index (χ0v) is 53.4. The lowest BCUT2D eigenvalue weighted by Gasteiger charge is -2.07. The molecule has 0 saturated carbocycles. The van der Waals surface area contributed by atoms with E-state index in [1.807, 2.05) is 157 Å². The lowest BCUT2D eigenvalue weighted by atomic mass is 10.2. The van der Waals surface area contributed by atoms with E-state index in [0.717, 1.165) is 21.8 Å². The van der Waals surface area contributed by atoms with E-state index >= 15 is 0 Å². The summed E-state index contributed by atoms with van der Waals surface area (Å²) >= 11 is -3.01. The summed E-state index contributed by atoms with van der Waals surface area (Å²) < 4.78 is 62.4. The van der Waals surface area contributed by atoms with Gasteiger partial charge in [0.2, 0.25) is 0 Å². The predicted octanol–water partition coefficient (Wildman–Crippen LogP) is 19.1. The first-order valence-electron chi connectivity index (χ1n) is 27.5. The van der Waals surface area contributed by atoms with Gasteiger partial charge in [0.1, 0.15) is 0 Å². The van der Waals surface area contributed by atoms with Crippen LogP contribution in [0, 0.1) is 39.0 Å². The Balaban J connectivity index is 0. The van der Waals surface area contributed by atoms with Crippen LogP contribution in [0.25, 0.3) is 70.3 Å². The van der Waals surface area contributed by atoms with Gasteiger partial charge in [0, 0.05) is 92.6 Å². The van der Waals surface area contributed by atoms with Crippen LogP contribution in [0.1, 0.15) is 105 Å². The summed E-state index contributed by atoms with van der Waals surface area (Å²) in [4.78, 5) is 22.0. The smallest absolute Gasteiger partial charge is 0.335 e. The fourth-order valence-electron chi connectivity index (χ4n) is 7.01. The van der Waals surface area contributed by atoms with Crippen molar-refractivity contribution < 1.29 is 25.6 Å². The van der Waals surface area contributed by atoms with Crippen molar-refractivity contribution in [2.75, 3.05) is 4.72 Å². The van der Waals surface area contributed by atoms with E-state index in [-0.39, 0.29) is 0 Å². The molecule has 6 heterocycles. The number of aryl methyl sites for hydroxylation is 4. The molecule has 1 atom stereocenters. The van der Waals surface area contributed by atoms with Gasteiger partial charge in [0.15, 0.2) is 5.69 Å². The third-order valence-electron chi connectivity index (χ3n) is 10.3. The fourth-order valence-corrected chi connectivity index (χ4v) is 7.33. The highest BCUT2D eigenvalue weighted by molar-refractivity contribution is 7.80. The van der Waals surface area contributed by atoms with Gasteiger partial charge in [-0.05, 0) is 170 Å². The Kier molecular flexibility index (Phi) is 43.4. The van der Waals surface area contributed by atoms with Crippen LogP contribution < -0.4 is 4.72 Å². The summed E-state index contributed by atoms with van der Waals surface area (Å²) in [6.07, 6.45) is 11.5.